The molecule has 22 heavy (non-hydrogen) atoms. The third-order valence-corrected chi connectivity index (χ3v) is 4.45. The maximum absolute atomic E-state index is 11.5. The number of hydrogen-bond acceptors (Lipinski definition) is 4. The zero-order valence-electron chi connectivity index (χ0n) is 11.6. The highest BCUT2D eigenvalue weighted by Crippen LogP contribution is 2.23. The van der Waals surface area contributed by atoms with E-state index in [1.54, 1.807) is 29.1 Å². The van der Waals surface area contributed by atoms with Crippen LogP contribution in [0.3, 0.4) is 0 Å². The lowest BCUT2D eigenvalue weighted by Crippen LogP contribution is -2.02. The molecule has 0 radical (unpaired) electrons. The van der Waals surface area contributed by atoms with Crippen molar-refractivity contribution in [3.05, 3.63) is 60.0 Å². The monoisotopic (exact) mass is 333 g/mol. The molecule has 3 aromatic rings. The summed E-state index contributed by atoms with van der Waals surface area (Å²) in [7, 11) is -3.26. The van der Waals surface area contributed by atoms with Crippen LogP contribution in [0.5, 0.6) is 0 Å². The Kier molecular flexibility index (Phi) is 3.72. The van der Waals surface area contributed by atoms with Gasteiger partial charge in [0, 0.05) is 35.4 Å². The second-order valence-electron chi connectivity index (χ2n) is 4.76. The number of aromatic nitrogens is 3. The van der Waals surface area contributed by atoms with Crippen LogP contribution in [0, 0.1) is 0 Å². The van der Waals surface area contributed by atoms with Crippen LogP contribution in [0.15, 0.2) is 59.9 Å². The highest BCUT2D eigenvalue weighted by molar-refractivity contribution is 7.90. The van der Waals surface area contributed by atoms with E-state index in [9.17, 15) is 8.42 Å². The average Bonchev–Trinajstić information content (AvgIpc) is 2.96. The maximum Gasteiger partial charge on any atom is 0.177 e. The average molecular weight is 334 g/mol. The first-order valence-corrected chi connectivity index (χ1v) is 8.68. The molecule has 2 heterocycles. The molecule has 112 valence electrons. The largest absolute Gasteiger partial charge is 0.284 e. The van der Waals surface area contributed by atoms with Gasteiger partial charge in [-0.25, -0.2) is 18.4 Å². The van der Waals surface area contributed by atoms with Crippen molar-refractivity contribution in [3.8, 4) is 17.2 Å². The molecule has 0 N–H and O–H groups in total. The Morgan fingerprint density at radius 1 is 1.14 bits per heavy atom. The molecule has 0 aliphatic heterocycles. The first kappa shape index (κ1) is 14.7. The molecule has 0 bridgehead atoms. The molecule has 7 heteroatoms. The van der Waals surface area contributed by atoms with Gasteiger partial charge in [0.05, 0.1) is 4.90 Å². The molecule has 1 aromatic carbocycles. The fourth-order valence-electron chi connectivity index (χ4n) is 2.06. The van der Waals surface area contributed by atoms with E-state index in [2.05, 4.69) is 9.97 Å². The molecule has 0 atom stereocenters. The Bertz CT molecular complexity index is 918. The lowest BCUT2D eigenvalue weighted by Gasteiger charge is -2.08. The zero-order valence-corrected chi connectivity index (χ0v) is 13.2. The second-order valence-corrected chi connectivity index (χ2v) is 7.21. The zero-order chi connectivity index (χ0) is 15.7. The van der Waals surface area contributed by atoms with Crippen LogP contribution in [-0.2, 0) is 9.84 Å². The molecule has 0 amide bonds. The molecule has 0 saturated heterocycles. The third kappa shape index (κ3) is 2.88. The Labute approximate surface area is 133 Å². The van der Waals surface area contributed by atoms with Gasteiger partial charge in [0.25, 0.3) is 0 Å². The Hall–Kier alpha value is -2.18. The topological polar surface area (TPSA) is 64.8 Å². The molecule has 0 unspecified atom stereocenters. The summed E-state index contributed by atoms with van der Waals surface area (Å²) in [4.78, 5) is 8.71. The summed E-state index contributed by atoms with van der Waals surface area (Å²) in [6.07, 6.45) is 5.91. The van der Waals surface area contributed by atoms with Crippen LogP contribution in [0.1, 0.15) is 0 Å². The minimum absolute atomic E-state index is 0.181. The molecular formula is C15H12ClN3O2S. The van der Waals surface area contributed by atoms with E-state index in [1.807, 2.05) is 18.2 Å². The first-order chi connectivity index (χ1) is 10.4. The predicted molar refractivity (Wildman–Crippen MR) is 84.9 cm³/mol. The second kappa shape index (κ2) is 5.55. The Morgan fingerprint density at radius 3 is 2.59 bits per heavy atom. The molecule has 3 rings (SSSR count). The standard InChI is InChI=1S/C15H12ClN3O2S/c1-22(20,21)13-5-6-14(18-10-13)19-8-7-17-15(19)11-3-2-4-12(16)9-11/h2-10H,1H3. The van der Waals surface area contributed by atoms with Crippen molar-refractivity contribution in [1.29, 1.82) is 0 Å². The lowest BCUT2D eigenvalue weighted by molar-refractivity contribution is 0.601. The summed E-state index contributed by atoms with van der Waals surface area (Å²) >= 11 is 6.01. The quantitative estimate of drug-likeness (QED) is 0.739. The smallest absolute Gasteiger partial charge is 0.177 e. The molecule has 2 aromatic heterocycles. The number of rotatable bonds is 3. The van der Waals surface area contributed by atoms with Crippen LogP contribution in [0.2, 0.25) is 5.02 Å². The number of nitrogens with zero attached hydrogens (tertiary/aromatic N) is 3. The van der Waals surface area contributed by atoms with Crippen LogP contribution in [0.25, 0.3) is 17.2 Å². The van der Waals surface area contributed by atoms with Gasteiger partial charge in [-0.2, -0.15) is 0 Å². The van der Waals surface area contributed by atoms with E-state index in [0.717, 1.165) is 11.8 Å². The summed E-state index contributed by atoms with van der Waals surface area (Å²) in [6, 6.07) is 10.5. The van der Waals surface area contributed by atoms with E-state index < -0.39 is 9.84 Å². The number of sulfone groups is 1. The first-order valence-electron chi connectivity index (χ1n) is 6.41. The van der Waals surface area contributed by atoms with E-state index in [1.165, 1.54) is 12.3 Å². The fraction of sp³-hybridized carbons (Fsp3) is 0.0667. The molecule has 0 fully saturated rings. The van der Waals surface area contributed by atoms with Gasteiger partial charge in [-0.3, -0.25) is 4.57 Å². The fourth-order valence-corrected chi connectivity index (χ4v) is 2.81. The molecule has 0 aliphatic carbocycles. The van der Waals surface area contributed by atoms with E-state index in [4.69, 9.17) is 11.6 Å². The van der Waals surface area contributed by atoms with E-state index >= 15 is 0 Å². The van der Waals surface area contributed by atoms with Crippen molar-refractivity contribution in [3.63, 3.8) is 0 Å². The van der Waals surface area contributed by atoms with Gasteiger partial charge in [0.15, 0.2) is 9.84 Å². The normalized spacial score (nSPS) is 11.5. The van der Waals surface area contributed by atoms with Gasteiger partial charge in [0.2, 0.25) is 0 Å². The minimum atomic E-state index is -3.26. The van der Waals surface area contributed by atoms with Crippen LogP contribution >= 0.6 is 11.6 Å². The number of halogens is 1. The van der Waals surface area contributed by atoms with Crippen molar-refractivity contribution >= 4 is 21.4 Å². The van der Waals surface area contributed by atoms with Gasteiger partial charge in [-0.05, 0) is 24.3 Å². The van der Waals surface area contributed by atoms with Gasteiger partial charge in [-0.15, -0.1) is 0 Å². The molecule has 0 aliphatic rings. The van der Waals surface area contributed by atoms with E-state index in [-0.39, 0.29) is 4.90 Å². The minimum Gasteiger partial charge on any atom is -0.284 e. The van der Waals surface area contributed by atoms with Gasteiger partial charge < -0.3 is 0 Å². The highest BCUT2D eigenvalue weighted by atomic mass is 35.5. The van der Waals surface area contributed by atoms with Crippen LogP contribution in [-0.4, -0.2) is 29.2 Å². The van der Waals surface area contributed by atoms with Crippen molar-refractivity contribution in [2.75, 3.05) is 6.26 Å². The predicted octanol–water partition coefficient (Wildman–Crippen LogP) is 2.99. The van der Waals surface area contributed by atoms with Gasteiger partial charge >= 0.3 is 0 Å². The summed E-state index contributed by atoms with van der Waals surface area (Å²) in [5.74, 6) is 1.27. The molecule has 0 saturated carbocycles. The van der Waals surface area contributed by atoms with Crippen molar-refractivity contribution in [2.24, 2.45) is 0 Å². The third-order valence-electron chi connectivity index (χ3n) is 3.12. The molecular weight excluding hydrogens is 322 g/mol. The number of imidazole rings is 1. The van der Waals surface area contributed by atoms with Crippen molar-refractivity contribution in [2.45, 2.75) is 4.90 Å². The highest BCUT2D eigenvalue weighted by Gasteiger charge is 2.11. The maximum atomic E-state index is 11.5. The van der Waals surface area contributed by atoms with Crippen molar-refractivity contribution in [1.82, 2.24) is 14.5 Å². The van der Waals surface area contributed by atoms with Gasteiger partial charge in [0.1, 0.15) is 11.6 Å². The number of benzene rings is 1. The summed E-state index contributed by atoms with van der Waals surface area (Å²) in [5, 5.41) is 0.618. The van der Waals surface area contributed by atoms with Crippen molar-refractivity contribution < 1.29 is 8.42 Å². The Morgan fingerprint density at radius 2 is 1.95 bits per heavy atom. The molecule has 0 spiro atoms. The lowest BCUT2D eigenvalue weighted by atomic mass is 10.2. The molecule has 5 nitrogen and oxygen atoms in total. The van der Waals surface area contributed by atoms with E-state index in [0.29, 0.717) is 16.7 Å². The summed E-state index contributed by atoms with van der Waals surface area (Å²) < 4.78 is 24.7. The SMILES string of the molecule is CS(=O)(=O)c1ccc(-n2ccnc2-c2cccc(Cl)c2)nc1. The van der Waals surface area contributed by atoms with Gasteiger partial charge in [-0.1, -0.05) is 23.7 Å². The van der Waals surface area contributed by atoms with Crippen LogP contribution < -0.4 is 0 Å². The summed E-state index contributed by atoms with van der Waals surface area (Å²) in [6.45, 7) is 0. The number of hydrogen-bond donors (Lipinski definition) is 0. The number of pyridine rings is 1. The van der Waals surface area contributed by atoms with Crippen LogP contribution in [0.4, 0.5) is 0 Å². The summed E-state index contributed by atoms with van der Waals surface area (Å²) in [5.41, 5.74) is 0.853. The Balaban J connectivity index is 2.06.